The van der Waals surface area contributed by atoms with E-state index in [1.807, 2.05) is 12.1 Å². The molecule has 1 atom stereocenters. The first-order valence-corrected chi connectivity index (χ1v) is 5.54. The molecule has 0 saturated carbocycles. The number of rotatable bonds is 4. The van der Waals surface area contributed by atoms with Gasteiger partial charge in [0.2, 0.25) is 0 Å². The fourth-order valence-electron chi connectivity index (χ4n) is 1.50. The van der Waals surface area contributed by atoms with E-state index in [0.29, 0.717) is 5.02 Å². The quantitative estimate of drug-likeness (QED) is 0.905. The average Bonchev–Trinajstić information content (AvgIpc) is 2.22. The lowest BCUT2D eigenvalue weighted by Crippen LogP contribution is -2.21. The third-order valence-electron chi connectivity index (χ3n) is 2.62. The zero-order valence-electron chi connectivity index (χ0n) is 9.92. The molecule has 0 aliphatic carbocycles. The smallest absolute Gasteiger partial charge is 0.137 e. The Morgan fingerprint density at radius 3 is 2.56 bits per heavy atom. The van der Waals surface area contributed by atoms with E-state index in [2.05, 4.69) is 13.8 Å². The highest BCUT2D eigenvalue weighted by Crippen LogP contribution is 2.28. The number of hydrogen-bond acceptors (Lipinski definition) is 2. The molecule has 0 aromatic heterocycles. The summed E-state index contributed by atoms with van der Waals surface area (Å²) in [6, 6.07) is 4.11. The van der Waals surface area contributed by atoms with Crippen molar-refractivity contribution in [2.24, 2.45) is 5.73 Å². The molecule has 0 fully saturated rings. The molecular weight excluding hydrogens is 245 g/mol. The van der Waals surface area contributed by atoms with E-state index < -0.39 is 0 Å². The molecule has 0 bridgehead atoms. The summed E-state index contributed by atoms with van der Waals surface area (Å²) in [5, 5.41) is 0.654. The van der Waals surface area contributed by atoms with Crippen LogP contribution in [0.4, 0.5) is 0 Å². The van der Waals surface area contributed by atoms with Crippen molar-refractivity contribution in [3.8, 4) is 5.75 Å². The van der Waals surface area contributed by atoms with Gasteiger partial charge in [0.15, 0.2) is 0 Å². The van der Waals surface area contributed by atoms with Gasteiger partial charge >= 0.3 is 0 Å². The van der Waals surface area contributed by atoms with Gasteiger partial charge in [-0.15, -0.1) is 12.4 Å². The lowest BCUT2D eigenvalue weighted by atomic mass is 10.00. The van der Waals surface area contributed by atoms with Crippen LogP contribution in [0.25, 0.3) is 0 Å². The molecule has 92 valence electrons. The van der Waals surface area contributed by atoms with Crippen LogP contribution in [0, 0.1) is 6.92 Å². The highest BCUT2D eigenvalue weighted by Gasteiger charge is 2.08. The Hall–Kier alpha value is -0.440. The summed E-state index contributed by atoms with van der Waals surface area (Å²) in [5.74, 6) is 0.725. The van der Waals surface area contributed by atoms with Gasteiger partial charge in [-0.1, -0.05) is 18.5 Å². The van der Waals surface area contributed by atoms with Crippen molar-refractivity contribution in [2.45, 2.75) is 32.7 Å². The van der Waals surface area contributed by atoms with E-state index in [1.54, 1.807) is 7.11 Å². The molecule has 2 N–H and O–H groups in total. The summed E-state index contributed by atoms with van der Waals surface area (Å²) in [7, 11) is 1.62. The normalized spacial score (nSPS) is 11.8. The summed E-state index contributed by atoms with van der Waals surface area (Å²) >= 11 is 6.06. The molecule has 0 heterocycles. The lowest BCUT2D eigenvalue weighted by Gasteiger charge is -2.13. The Kier molecular flexibility index (Phi) is 6.81. The van der Waals surface area contributed by atoms with Crippen molar-refractivity contribution < 1.29 is 4.74 Å². The predicted molar refractivity (Wildman–Crippen MR) is 72.0 cm³/mol. The Labute approximate surface area is 109 Å². The van der Waals surface area contributed by atoms with Crippen LogP contribution in [0.5, 0.6) is 5.75 Å². The summed E-state index contributed by atoms with van der Waals surface area (Å²) in [6.07, 6.45) is 1.84. The molecule has 2 nitrogen and oxygen atoms in total. The second-order valence-corrected chi connectivity index (χ2v) is 4.19. The van der Waals surface area contributed by atoms with Crippen LogP contribution in [0.1, 0.15) is 24.5 Å². The molecule has 1 aromatic rings. The third-order valence-corrected chi connectivity index (χ3v) is 2.91. The van der Waals surface area contributed by atoms with Gasteiger partial charge in [-0.25, -0.2) is 0 Å². The van der Waals surface area contributed by atoms with Crippen LogP contribution < -0.4 is 10.5 Å². The monoisotopic (exact) mass is 263 g/mol. The standard InChI is InChI=1S/C12H18ClNO.ClH/c1-4-10(14)6-9-7-11(13)12(15-3)5-8(9)2;/h5,7,10H,4,6,14H2,1-3H3;1H. The topological polar surface area (TPSA) is 35.2 Å². The SMILES string of the molecule is CCC(N)Cc1cc(Cl)c(OC)cc1C.Cl. The van der Waals surface area contributed by atoms with Crippen molar-refractivity contribution in [1.82, 2.24) is 0 Å². The van der Waals surface area contributed by atoms with Crippen molar-refractivity contribution >= 4 is 24.0 Å². The number of nitrogens with two attached hydrogens (primary N) is 1. The van der Waals surface area contributed by atoms with Gasteiger partial charge in [0.25, 0.3) is 0 Å². The van der Waals surface area contributed by atoms with Gasteiger partial charge in [-0.05, 0) is 43.0 Å². The molecule has 1 unspecified atom stereocenters. The molecule has 16 heavy (non-hydrogen) atoms. The molecule has 1 rings (SSSR count). The fourth-order valence-corrected chi connectivity index (χ4v) is 1.76. The zero-order chi connectivity index (χ0) is 11.4. The second kappa shape index (κ2) is 7.00. The van der Waals surface area contributed by atoms with Crippen LogP contribution in [0.3, 0.4) is 0 Å². The number of ether oxygens (including phenoxy) is 1. The van der Waals surface area contributed by atoms with Gasteiger partial charge in [-0.2, -0.15) is 0 Å². The highest BCUT2D eigenvalue weighted by molar-refractivity contribution is 6.32. The van der Waals surface area contributed by atoms with E-state index in [-0.39, 0.29) is 18.4 Å². The van der Waals surface area contributed by atoms with Crippen molar-refractivity contribution in [3.05, 3.63) is 28.3 Å². The highest BCUT2D eigenvalue weighted by atomic mass is 35.5. The van der Waals surface area contributed by atoms with Gasteiger partial charge in [0.1, 0.15) is 5.75 Å². The number of methoxy groups -OCH3 is 1. The van der Waals surface area contributed by atoms with E-state index in [4.69, 9.17) is 22.1 Å². The van der Waals surface area contributed by atoms with Crippen LogP contribution in [0.15, 0.2) is 12.1 Å². The molecule has 4 heteroatoms. The summed E-state index contributed by atoms with van der Waals surface area (Å²) < 4.78 is 5.15. The minimum atomic E-state index is 0. The van der Waals surface area contributed by atoms with E-state index in [9.17, 15) is 0 Å². The number of aryl methyl sites for hydroxylation is 1. The van der Waals surface area contributed by atoms with E-state index in [1.165, 1.54) is 11.1 Å². The summed E-state index contributed by atoms with van der Waals surface area (Å²) in [4.78, 5) is 0. The fraction of sp³-hybridized carbons (Fsp3) is 0.500. The predicted octanol–water partition coefficient (Wildman–Crippen LogP) is 3.36. The summed E-state index contributed by atoms with van der Waals surface area (Å²) in [6.45, 7) is 4.14. The molecule has 0 spiro atoms. The molecule has 1 aromatic carbocycles. The third kappa shape index (κ3) is 3.85. The molecule has 0 radical (unpaired) electrons. The maximum absolute atomic E-state index is 6.06. The van der Waals surface area contributed by atoms with Gasteiger partial charge in [0, 0.05) is 6.04 Å². The van der Waals surface area contributed by atoms with Gasteiger partial charge in [0.05, 0.1) is 12.1 Å². The minimum absolute atomic E-state index is 0. The van der Waals surface area contributed by atoms with Crippen LogP contribution in [0.2, 0.25) is 5.02 Å². The minimum Gasteiger partial charge on any atom is -0.495 e. The lowest BCUT2D eigenvalue weighted by molar-refractivity contribution is 0.414. The zero-order valence-corrected chi connectivity index (χ0v) is 11.5. The Bertz CT molecular complexity index is 342. The molecule has 0 aliphatic rings. The Balaban J connectivity index is 0.00000225. The first-order chi connectivity index (χ1) is 7.08. The maximum atomic E-state index is 6.06. The van der Waals surface area contributed by atoms with Crippen LogP contribution in [-0.4, -0.2) is 13.2 Å². The largest absolute Gasteiger partial charge is 0.495 e. The van der Waals surface area contributed by atoms with Crippen LogP contribution in [-0.2, 0) is 6.42 Å². The Morgan fingerprint density at radius 2 is 2.06 bits per heavy atom. The molecule has 0 aliphatic heterocycles. The Morgan fingerprint density at radius 1 is 1.44 bits per heavy atom. The second-order valence-electron chi connectivity index (χ2n) is 3.79. The van der Waals surface area contributed by atoms with Gasteiger partial charge < -0.3 is 10.5 Å². The van der Waals surface area contributed by atoms with Crippen LogP contribution >= 0.6 is 24.0 Å². The van der Waals surface area contributed by atoms with E-state index >= 15 is 0 Å². The van der Waals surface area contributed by atoms with Crippen molar-refractivity contribution in [2.75, 3.05) is 7.11 Å². The first-order valence-electron chi connectivity index (χ1n) is 5.17. The maximum Gasteiger partial charge on any atom is 0.137 e. The van der Waals surface area contributed by atoms with E-state index in [0.717, 1.165) is 18.6 Å². The number of halogens is 2. The average molecular weight is 264 g/mol. The van der Waals surface area contributed by atoms with Crippen molar-refractivity contribution in [1.29, 1.82) is 0 Å². The van der Waals surface area contributed by atoms with Gasteiger partial charge in [-0.3, -0.25) is 0 Å². The summed E-state index contributed by atoms with van der Waals surface area (Å²) in [5.41, 5.74) is 8.30. The molecule has 0 saturated heterocycles. The molecular formula is C12H19Cl2NO. The number of benzene rings is 1. The van der Waals surface area contributed by atoms with Crippen molar-refractivity contribution in [3.63, 3.8) is 0 Å². The first kappa shape index (κ1) is 15.6. The molecule has 0 amide bonds. The number of hydrogen-bond donors (Lipinski definition) is 1.